The van der Waals surface area contributed by atoms with Gasteiger partial charge in [-0.05, 0) is 37.5 Å². The number of aromatic nitrogens is 3. The summed E-state index contributed by atoms with van der Waals surface area (Å²) in [4.78, 5) is 12.2. The molecule has 3 rings (SSSR count). The van der Waals surface area contributed by atoms with Gasteiger partial charge < -0.3 is 9.88 Å². The second-order valence-electron chi connectivity index (χ2n) is 5.99. The van der Waals surface area contributed by atoms with Gasteiger partial charge in [-0.25, -0.2) is 0 Å². The molecule has 1 aromatic carbocycles. The van der Waals surface area contributed by atoms with Gasteiger partial charge in [0, 0.05) is 18.0 Å². The quantitative estimate of drug-likeness (QED) is 0.823. The average molecular weight is 365 g/mol. The van der Waals surface area contributed by atoms with E-state index in [0.29, 0.717) is 10.8 Å². The Balaban J connectivity index is 1.54. The number of aryl methyl sites for hydroxylation is 1. The molecule has 0 spiro atoms. The van der Waals surface area contributed by atoms with Crippen LogP contribution in [0.25, 0.3) is 0 Å². The first-order chi connectivity index (χ1) is 11.6. The SMILES string of the molecule is C[C@H](NC(=O)CSc1nnc2n1CCCCC2)c1ccc(Cl)cc1. The first-order valence-corrected chi connectivity index (χ1v) is 9.59. The van der Waals surface area contributed by atoms with Gasteiger partial charge in [-0.3, -0.25) is 4.79 Å². The van der Waals surface area contributed by atoms with E-state index in [0.717, 1.165) is 35.9 Å². The van der Waals surface area contributed by atoms with E-state index >= 15 is 0 Å². The van der Waals surface area contributed by atoms with Crippen LogP contribution in [0.1, 0.15) is 43.6 Å². The molecule has 2 heterocycles. The van der Waals surface area contributed by atoms with E-state index in [9.17, 15) is 4.79 Å². The van der Waals surface area contributed by atoms with E-state index < -0.39 is 0 Å². The summed E-state index contributed by atoms with van der Waals surface area (Å²) in [6.07, 6.45) is 4.53. The number of carbonyl (C=O) groups excluding carboxylic acids is 1. The molecule has 0 saturated heterocycles. The molecule has 1 aliphatic rings. The summed E-state index contributed by atoms with van der Waals surface area (Å²) < 4.78 is 2.16. The molecule has 24 heavy (non-hydrogen) atoms. The van der Waals surface area contributed by atoms with Crippen LogP contribution in [0, 0.1) is 0 Å². The predicted octanol–water partition coefficient (Wildman–Crippen LogP) is 3.63. The van der Waals surface area contributed by atoms with Gasteiger partial charge in [0.1, 0.15) is 5.82 Å². The Morgan fingerprint density at radius 2 is 2.08 bits per heavy atom. The minimum atomic E-state index is -0.0501. The second-order valence-corrected chi connectivity index (χ2v) is 7.37. The molecule has 5 nitrogen and oxygen atoms in total. The smallest absolute Gasteiger partial charge is 0.230 e. The zero-order valence-electron chi connectivity index (χ0n) is 13.7. The highest BCUT2D eigenvalue weighted by Crippen LogP contribution is 2.22. The number of fused-ring (bicyclic) bond motifs is 1. The minimum Gasteiger partial charge on any atom is -0.349 e. The van der Waals surface area contributed by atoms with Gasteiger partial charge in [-0.2, -0.15) is 0 Å². The van der Waals surface area contributed by atoms with E-state index in [2.05, 4.69) is 20.1 Å². The van der Waals surface area contributed by atoms with E-state index in [1.807, 2.05) is 31.2 Å². The topological polar surface area (TPSA) is 59.8 Å². The Morgan fingerprint density at radius 3 is 2.88 bits per heavy atom. The molecule has 0 unspecified atom stereocenters. The van der Waals surface area contributed by atoms with E-state index in [1.54, 1.807) is 0 Å². The summed E-state index contributed by atoms with van der Waals surface area (Å²) in [6.45, 7) is 2.92. The highest BCUT2D eigenvalue weighted by atomic mass is 35.5. The molecule has 2 aromatic rings. The van der Waals surface area contributed by atoms with Crippen LogP contribution in [0.2, 0.25) is 5.02 Å². The lowest BCUT2D eigenvalue weighted by Gasteiger charge is -2.14. The van der Waals surface area contributed by atoms with Gasteiger partial charge in [-0.1, -0.05) is 41.9 Å². The molecule has 1 aliphatic heterocycles. The average Bonchev–Trinajstić information content (AvgIpc) is 2.80. The maximum Gasteiger partial charge on any atom is 0.230 e. The summed E-state index contributed by atoms with van der Waals surface area (Å²) in [5, 5.41) is 13.1. The largest absolute Gasteiger partial charge is 0.349 e. The van der Waals surface area contributed by atoms with Crippen LogP contribution in [0.4, 0.5) is 0 Å². The number of amides is 1. The fourth-order valence-corrected chi connectivity index (χ4v) is 3.73. The maximum atomic E-state index is 12.2. The molecule has 0 saturated carbocycles. The third-order valence-corrected chi connectivity index (χ3v) is 5.37. The zero-order chi connectivity index (χ0) is 16.9. The van der Waals surface area contributed by atoms with Crippen molar-refractivity contribution in [1.82, 2.24) is 20.1 Å². The summed E-state index contributed by atoms with van der Waals surface area (Å²) in [6, 6.07) is 7.47. The third kappa shape index (κ3) is 4.30. The van der Waals surface area contributed by atoms with Gasteiger partial charge in [0.05, 0.1) is 11.8 Å². The van der Waals surface area contributed by atoms with Crippen molar-refractivity contribution in [3.63, 3.8) is 0 Å². The van der Waals surface area contributed by atoms with Crippen LogP contribution in [0.15, 0.2) is 29.4 Å². The van der Waals surface area contributed by atoms with Gasteiger partial charge in [0.25, 0.3) is 0 Å². The minimum absolute atomic E-state index is 0.00609. The highest BCUT2D eigenvalue weighted by Gasteiger charge is 2.17. The molecule has 0 fully saturated rings. The van der Waals surface area contributed by atoms with Crippen LogP contribution < -0.4 is 5.32 Å². The first-order valence-electron chi connectivity index (χ1n) is 8.23. The highest BCUT2D eigenvalue weighted by molar-refractivity contribution is 7.99. The number of hydrogen-bond acceptors (Lipinski definition) is 4. The molecule has 0 aliphatic carbocycles. The van der Waals surface area contributed by atoms with Crippen LogP contribution in [0.3, 0.4) is 0 Å². The number of halogens is 1. The van der Waals surface area contributed by atoms with Crippen LogP contribution in [0.5, 0.6) is 0 Å². The fourth-order valence-electron chi connectivity index (χ4n) is 2.81. The molecule has 128 valence electrons. The summed E-state index contributed by atoms with van der Waals surface area (Å²) in [5.41, 5.74) is 1.04. The Kier molecular flexibility index (Phi) is 5.79. The lowest BCUT2D eigenvalue weighted by molar-refractivity contribution is -0.119. The van der Waals surface area contributed by atoms with Gasteiger partial charge in [0.15, 0.2) is 5.16 Å². The van der Waals surface area contributed by atoms with E-state index in [4.69, 9.17) is 11.6 Å². The molecular weight excluding hydrogens is 344 g/mol. The lowest BCUT2D eigenvalue weighted by atomic mass is 10.1. The third-order valence-electron chi connectivity index (χ3n) is 4.16. The van der Waals surface area contributed by atoms with Gasteiger partial charge >= 0.3 is 0 Å². The van der Waals surface area contributed by atoms with E-state index in [-0.39, 0.29) is 11.9 Å². The fraction of sp³-hybridized carbons (Fsp3) is 0.471. The maximum absolute atomic E-state index is 12.2. The standard InChI is InChI=1S/C17H21ClN4OS/c1-12(13-6-8-14(18)9-7-13)19-16(23)11-24-17-21-20-15-5-3-2-4-10-22(15)17/h6-9,12H,2-5,10-11H2,1H3,(H,19,23)/t12-/m0/s1. The molecular formula is C17H21ClN4OS. The zero-order valence-corrected chi connectivity index (χ0v) is 15.2. The predicted molar refractivity (Wildman–Crippen MR) is 96.3 cm³/mol. The molecule has 0 bridgehead atoms. The Morgan fingerprint density at radius 1 is 1.29 bits per heavy atom. The summed E-state index contributed by atoms with van der Waals surface area (Å²) in [5.74, 6) is 1.38. The monoisotopic (exact) mass is 364 g/mol. The molecule has 1 aromatic heterocycles. The van der Waals surface area contributed by atoms with Crippen molar-refractivity contribution in [3.8, 4) is 0 Å². The van der Waals surface area contributed by atoms with Crippen molar-refractivity contribution in [2.45, 2.75) is 50.4 Å². The number of benzene rings is 1. The number of thioether (sulfide) groups is 1. The lowest BCUT2D eigenvalue weighted by Crippen LogP contribution is -2.28. The van der Waals surface area contributed by atoms with Crippen LogP contribution in [-0.4, -0.2) is 26.4 Å². The van der Waals surface area contributed by atoms with Crippen molar-refractivity contribution >= 4 is 29.3 Å². The van der Waals surface area contributed by atoms with Crippen molar-refractivity contribution < 1.29 is 4.79 Å². The Bertz CT molecular complexity index is 701. The normalized spacial score (nSPS) is 15.4. The molecule has 7 heteroatoms. The number of nitrogens with one attached hydrogen (secondary N) is 1. The van der Waals surface area contributed by atoms with Crippen LogP contribution in [-0.2, 0) is 17.8 Å². The Labute approximate surface area is 151 Å². The van der Waals surface area contributed by atoms with Crippen molar-refractivity contribution in [3.05, 3.63) is 40.7 Å². The van der Waals surface area contributed by atoms with Crippen LogP contribution >= 0.6 is 23.4 Å². The second kappa shape index (κ2) is 8.03. The van der Waals surface area contributed by atoms with E-state index in [1.165, 1.54) is 24.6 Å². The molecule has 1 amide bonds. The van der Waals surface area contributed by atoms with Gasteiger partial charge in [0.2, 0.25) is 5.91 Å². The molecule has 0 radical (unpaired) electrons. The Hall–Kier alpha value is -1.53. The van der Waals surface area contributed by atoms with Crippen molar-refractivity contribution in [2.24, 2.45) is 0 Å². The summed E-state index contributed by atoms with van der Waals surface area (Å²) >= 11 is 7.35. The number of nitrogens with zero attached hydrogens (tertiary/aromatic N) is 3. The number of rotatable bonds is 5. The van der Waals surface area contributed by atoms with Crippen molar-refractivity contribution in [1.29, 1.82) is 0 Å². The van der Waals surface area contributed by atoms with Gasteiger partial charge in [-0.15, -0.1) is 10.2 Å². The number of carbonyl (C=O) groups is 1. The number of hydrogen-bond donors (Lipinski definition) is 1. The van der Waals surface area contributed by atoms with Crippen molar-refractivity contribution in [2.75, 3.05) is 5.75 Å². The molecule has 1 N–H and O–H groups in total. The summed E-state index contributed by atoms with van der Waals surface area (Å²) in [7, 11) is 0. The molecule has 1 atom stereocenters. The first kappa shape index (κ1) is 17.3.